The fourth-order valence-electron chi connectivity index (χ4n) is 2.29. The summed E-state index contributed by atoms with van der Waals surface area (Å²) in [6.07, 6.45) is 2.83. The fourth-order valence-corrected chi connectivity index (χ4v) is 2.29. The largest absolute Gasteiger partial charge is 0.467 e. The Labute approximate surface area is 144 Å². The van der Waals surface area contributed by atoms with Crippen LogP contribution in [-0.2, 0) is 13.1 Å². The number of anilines is 2. The van der Waals surface area contributed by atoms with Crippen molar-refractivity contribution in [3.63, 3.8) is 0 Å². The van der Waals surface area contributed by atoms with Gasteiger partial charge in [-0.3, -0.25) is 10.1 Å². The van der Waals surface area contributed by atoms with Crippen LogP contribution in [0.5, 0.6) is 0 Å². The van der Waals surface area contributed by atoms with E-state index in [1.807, 2.05) is 31.2 Å². The average Bonchev–Trinajstić information content (AvgIpc) is 3.12. The molecular weight excluding hydrogens is 322 g/mol. The van der Waals surface area contributed by atoms with Gasteiger partial charge in [-0.1, -0.05) is 29.8 Å². The Morgan fingerprint density at radius 2 is 1.76 bits per heavy atom. The molecule has 2 aromatic heterocycles. The number of nitro groups is 1. The molecule has 0 saturated heterocycles. The third-order valence-electron chi connectivity index (χ3n) is 3.60. The van der Waals surface area contributed by atoms with E-state index < -0.39 is 4.92 Å². The van der Waals surface area contributed by atoms with Crippen molar-refractivity contribution in [2.45, 2.75) is 20.0 Å². The molecule has 2 N–H and O–H groups in total. The molecule has 2 heterocycles. The standard InChI is InChI=1S/C17H17N5O3/c1-12-4-6-13(7-5-12)9-18-16-15(22(23)24)17(21-11-20-16)19-10-14-3-2-8-25-14/h2-8,11H,9-10H2,1H3,(H2,18,19,20,21). The van der Waals surface area contributed by atoms with Gasteiger partial charge in [0.25, 0.3) is 0 Å². The van der Waals surface area contributed by atoms with Crippen LogP contribution in [0.15, 0.2) is 53.4 Å². The van der Waals surface area contributed by atoms with E-state index in [2.05, 4.69) is 20.6 Å². The van der Waals surface area contributed by atoms with Crippen molar-refractivity contribution in [2.24, 2.45) is 0 Å². The summed E-state index contributed by atoms with van der Waals surface area (Å²) < 4.78 is 5.21. The maximum Gasteiger partial charge on any atom is 0.353 e. The molecule has 0 unspecified atom stereocenters. The summed E-state index contributed by atoms with van der Waals surface area (Å²) in [5, 5.41) is 17.4. The van der Waals surface area contributed by atoms with E-state index in [1.165, 1.54) is 6.33 Å². The quantitative estimate of drug-likeness (QED) is 0.501. The first-order valence-corrected chi connectivity index (χ1v) is 7.68. The SMILES string of the molecule is Cc1ccc(CNc2ncnc(NCc3ccco3)c2[N+](=O)[O-])cc1. The summed E-state index contributed by atoms with van der Waals surface area (Å²) in [6, 6.07) is 11.4. The summed E-state index contributed by atoms with van der Waals surface area (Å²) in [5.74, 6) is 0.965. The number of nitrogens with zero attached hydrogens (tertiary/aromatic N) is 3. The Balaban J connectivity index is 1.77. The van der Waals surface area contributed by atoms with E-state index in [0.29, 0.717) is 18.8 Å². The number of hydrogen-bond acceptors (Lipinski definition) is 7. The molecule has 8 nitrogen and oxygen atoms in total. The maximum atomic E-state index is 11.5. The third-order valence-corrected chi connectivity index (χ3v) is 3.60. The van der Waals surface area contributed by atoms with Crippen LogP contribution in [0.1, 0.15) is 16.9 Å². The molecular formula is C17H17N5O3. The number of nitrogens with one attached hydrogen (secondary N) is 2. The summed E-state index contributed by atoms with van der Waals surface area (Å²) in [7, 11) is 0. The minimum absolute atomic E-state index is 0.141. The lowest BCUT2D eigenvalue weighted by Crippen LogP contribution is -2.09. The molecule has 3 aromatic rings. The zero-order chi connectivity index (χ0) is 17.6. The number of benzene rings is 1. The van der Waals surface area contributed by atoms with E-state index in [4.69, 9.17) is 4.42 Å². The summed E-state index contributed by atoms with van der Waals surface area (Å²) in [4.78, 5) is 19.0. The first kappa shape index (κ1) is 16.4. The molecule has 128 valence electrons. The molecule has 0 saturated carbocycles. The van der Waals surface area contributed by atoms with Crippen LogP contribution in [0, 0.1) is 17.0 Å². The molecule has 0 radical (unpaired) electrons. The number of aromatic nitrogens is 2. The summed E-state index contributed by atoms with van der Waals surface area (Å²) >= 11 is 0. The van der Waals surface area contributed by atoms with Crippen molar-refractivity contribution in [3.05, 3.63) is 76.0 Å². The van der Waals surface area contributed by atoms with Crippen LogP contribution < -0.4 is 10.6 Å². The van der Waals surface area contributed by atoms with Crippen molar-refractivity contribution in [1.29, 1.82) is 0 Å². The molecule has 0 aliphatic rings. The van der Waals surface area contributed by atoms with Gasteiger partial charge in [0, 0.05) is 6.54 Å². The molecule has 0 fully saturated rings. The van der Waals surface area contributed by atoms with E-state index in [-0.39, 0.29) is 17.3 Å². The average molecular weight is 339 g/mol. The minimum Gasteiger partial charge on any atom is -0.467 e. The van der Waals surface area contributed by atoms with Crippen LogP contribution in [-0.4, -0.2) is 14.9 Å². The molecule has 0 aliphatic carbocycles. The minimum atomic E-state index is -0.498. The van der Waals surface area contributed by atoms with E-state index in [1.54, 1.807) is 18.4 Å². The second kappa shape index (κ2) is 7.43. The molecule has 0 bridgehead atoms. The van der Waals surface area contributed by atoms with Gasteiger partial charge in [0.2, 0.25) is 11.6 Å². The van der Waals surface area contributed by atoms with Gasteiger partial charge in [-0.15, -0.1) is 0 Å². The zero-order valence-corrected chi connectivity index (χ0v) is 13.6. The predicted molar refractivity (Wildman–Crippen MR) is 93.2 cm³/mol. The number of rotatable bonds is 7. The van der Waals surface area contributed by atoms with Crippen molar-refractivity contribution >= 4 is 17.3 Å². The molecule has 0 aliphatic heterocycles. The van der Waals surface area contributed by atoms with Crippen molar-refractivity contribution in [1.82, 2.24) is 9.97 Å². The van der Waals surface area contributed by atoms with Crippen molar-refractivity contribution in [3.8, 4) is 0 Å². The Morgan fingerprint density at radius 1 is 1.08 bits per heavy atom. The lowest BCUT2D eigenvalue weighted by molar-refractivity contribution is -0.383. The van der Waals surface area contributed by atoms with Gasteiger partial charge >= 0.3 is 5.69 Å². The molecule has 0 amide bonds. The highest BCUT2D eigenvalue weighted by molar-refractivity contribution is 5.69. The van der Waals surface area contributed by atoms with Gasteiger partial charge in [-0.2, -0.15) is 0 Å². The van der Waals surface area contributed by atoms with Crippen LogP contribution in [0.3, 0.4) is 0 Å². The van der Waals surface area contributed by atoms with Gasteiger partial charge in [0.1, 0.15) is 12.1 Å². The monoisotopic (exact) mass is 339 g/mol. The highest BCUT2D eigenvalue weighted by atomic mass is 16.6. The normalized spacial score (nSPS) is 10.4. The molecule has 0 spiro atoms. The number of furan rings is 1. The van der Waals surface area contributed by atoms with Crippen LogP contribution in [0.2, 0.25) is 0 Å². The highest BCUT2D eigenvalue weighted by Gasteiger charge is 2.22. The Bertz CT molecular complexity index is 847. The second-order valence-electron chi connectivity index (χ2n) is 5.45. The van der Waals surface area contributed by atoms with E-state index in [0.717, 1.165) is 11.1 Å². The molecule has 1 aromatic carbocycles. The Kier molecular flexibility index (Phi) is 4.89. The van der Waals surface area contributed by atoms with Crippen LogP contribution in [0.4, 0.5) is 17.3 Å². The van der Waals surface area contributed by atoms with Gasteiger partial charge < -0.3 is 15.1 Å². The second-order valence-corrected chi connectivity index (χ2v) is 5.45. The summed E-state index contributed by atoms with van der Waals surface area (Å²) in [6.45, 7) is 2.72. The first-order valence-electron chi connectivity index (χ1n) is 7.68. The number of hydrogen-bond donors (Lipinski definition) is 2. The van der Waals surface area contributed by atoms with Crippen LogP contribution >= 0.6 is 0 Å². The molecule has 0 atom stereocenters. The third kappa shape index (κ3) is 4.11. The van der Waals surface area contributed by atoms with E-state index in [9.17, 15) is 10.1 Å². The molecule has 25 heavy (non-hydrogen) atoms. The van der Waals surface area contributed by atoms with Gasteiger partial charge in [-0.25, -0.2) is 9.97 Å². The predicted octanol–water partition coefficient (Wildman–Crippen LogP) is 3.51. The highest BCUT2D eigenvalue weighted by Crippen LogP contribution is 2.29. The number of aryl methyl sites for hydroxylation is 1. The first-order chi connectivity index (χ1) is 12.1. The Morgan fingerprint density at radius 3 is 2.36 bits per heavy atom. The summed E-state index contributed by atoms with van der Waals surface area (Å²) in [5.41, 5.74) is 1.96. The van der Waals surface area contributed by atoms with Gasteiger partial charge in [0.05, 0.1) is 17.7 Å². The van der Waals surface area contributed by atoms with E-state index >= 15 is 0 Å². The zero-order valence-electron chi connectivity index (χ0n) is 13.6. The maximum absolute atomic E-state index is 11.5. The Hall–Kier alpha value is -3.42. The topological polar surface area (TPSA) is 106 Å². The van der Waals surface area contributed by atoms with Crippen LogP contribution in [0.25, 0.3) is 0 Å². The fraction of sp³-hybridized carbons (Fsp3) is 0.176. The van der Waals surface area contributed by atoms with Gasteiger partial charge in [0.15, 0.2) is 0 Å². The molecule has 8 heteroatoms. The lowest BCUT2D eigenvalue weighted by Gasteiger charge is -2.09. The van der Waals surface area contributed by atoms with Crippen molar-refractivity contribution < 1.29 is 9.34 Å². The van der Waals surface area contributed by atoms with Crippen molar-refractivity contribution in [2.75, 3.05) is 10.6 Å². The molecule has 3 rings (SSSR count). The van der Waals surface area contributed by atoms with Gasteiger partial charge in [-0.05, 0) is 24.6 Å². The lowest BCUT2D eigenvalue weighted by atomic mass is 10.1. The smallest absolute Gasteiger partial charge is 0.353 e.